The van der Waals surface area contributed by atoms with Crippen LogP contribution in [0.4, 0.5) is 0 Å². The van der Waals surface area contributed by atoms with Gasteiger partial charge in [0.15, 0.2) is 0 Å². The van der Waals surface area contributed by atoms with Crippen LogP contribution in [-0.2, 0) is 8.85 Å². The molecule has 0 aromatic carbocycles. The zero-order valence-electron chi connectivity index (χ0n) is 10.4. The molecule has 0 N–H and O–H groups in total. The number of piperidine rings is 1. The van der Waals surface area contributed by atoms with E-state index < -0.39 is 8.56 Å². The molecule has 0 amide bonds. The fraction of sp³-hybridized carbons (Fsp3) is 1.00. The van der Waals surface area contributed by atoms with Crippen LogP contribution in [0, 0.1) is 0 Å². The van der Waals surface area contributed by atoms with E-state index in [1.165, 1.54) is 32.4 Å². The van der Waals surface area contributed by atoms with E-state index in [0.717, 1.165) is 19.4 Å². The molecule has 0 aromatic rings. The molecule has 0 atom stereocenters. The van der Waals surface area contributed by atoms with Gasteiger partial charge >= 0.3 is 8.56 Å². The van der Waals surface area contributed by atoms with Crippen molar-refractivity contribution >= 4 is 8.56 Å². The van der Waals surface area contributed by atoms with Crippen molar-refractivity contribution in [3.63, 3.8) is 0 Å². The first-order chi connectivity index (χ1) is 7.20. The van der Waals surface area contributed by atoms with Gasteiger partial charge in [-0.15, -0.1) is 0 Å². The van der Waals surface area contributed by atoms with Crippen LogP contribution < -0.4 is 0 Å². The summed E-state index contributed by atoms with van der Waals surface area (Å²) in [7, 11) is -1.91. The van der Waals surface area contributed by atoms with Gasteiger partial charge in [-0.25, -0.2) is 0 Å². The molecule has 4 heteroatoms. The van der Waals surface area contributed by atoms with Crippen LogP contribution in [0.3, 0.4) is 0 Å². The molecular formula is C11H25NO2Si. The Hall–Kier alpha value is 0.0969. The minimum absolute atomic E-state index is 0.774. The average Bonchev–Trinajstić information content (AvgIpc) is 2.19. The van der Waals surface area contributed by atoms with E-state index in [0.29, 0.717) is 0 Å². The summed E-state index contributed by atoms with van der Waals surface area (Å²) in [5.74, 6) is 0. The molecule has 0 unspecified atom stereocenters. The summed E-state index contributed by atoms with van der Waals surface area (Å²) in [4.78, 5) is 2.51. The van der Waals surface area contributed by atoms with E-state index in [2.05, 4.69) is 25.3 Å². The van der Waals surface area contributed by atoms with E-state index in [1.54, 1.807) is 0 Å². The Morgan fingerprint density at radius 1 is 1.00 bits per heavy atom. The lowest BCUT2D eigenvalue weighted by Crippen LogP contribution is -2.51. The lowest BCUT2D eigenvalue weighted by molar-refractivity contribution is 0.156. The van der Waals surface area contributed by atoms with Crippen LogP contribution in [0.2, 0.25) is 6.55 Å². The molecule has 0 aromatic heterocycles. The van der Waals surface area contributed by atoms with Crippen molar-refractivity contribution in [1.82, 2.24) is 4.90 Å². The quantitative estimate of drug-likeness (QED) is 0.654. The Morgan fingerprint density at radius 3 is 2.00 bits per heavy atom. The molecule has 1 aliphatic heterocycles. The van der Waals surface area contributed by atoms with Crippen molar-refractivity contribution in [2.75, 3.05) is 32.5 Å². The van der Waals surface area contributed by atoms with Crippen molar-refractivity contribution in [3.8, 4) is 0 Å². The minimum Gasteiger partial charge on any atom is -0.394 e. The monoisotopic (exact) mass is 231 g/mol. The van der Waals surface area contributed by atoms with Crippen molar-refractivity contribution < 1.29 is 8.85 Å². The largest absolute Gasteiger partial charge is 0.394 e. The third kappa shape index (κ3) is 4.63. The van der Waals surface area contributed by atoms with Gasteiger partial charge in [-0.05, 0) is 46.3 Å². The highest BCUT2D eigenvalue weighted by atomic mass is 28.4. The van der Waals surface area contributed by atoms with Gasteiger partial charge < -0.3 is 13.8 Å². The molecule has 0 saturated carbocycles. The zero-order valence-corrected chi connectivity index (χ0v) is 11.4. The summed E-state index contributed by atoms with van der Waals surface area (Å²) in [6.45, 7) is 10.3. The SMILES string of the molecule is CCO[Si](C)(CN1CCCCC1)OCC. The molecule has 3 nitrogen and oxygen atoms in total. The standard InChI is InChI=1S/C11H25NO2Si/c1-4-13-15(3,14-5-2)11-12-9-7-6-8-10-12/h4-11H2,1-3H3. The summed E-state index contributed by atoms with van der Waals surface area (Å²) in [6.07, 6.45) is 5.10. The van der Waals surface area contributed by atoms with Gasteiger partial charge in [0.25, 0.3) is 0 Å². The minimum atomic E-state index is -1.91. The van der Waals surface area contributed by atoms with Gasteiger partial charge in [-0.2, -0.15) is 0 Å². The molecule has 0 bridgehead atoms. The Balaban J connectivity index is 2.40. The fourth-order valence-electron chi connectivity index (χ4n) is 2.27. The Morgan fingerprint density at radius 2 is 1.53 bits per heavy atom. The van der Waals surface area contributed by atoms with Gasteiger partial charge in [-0.3, -0.25) is 0 Å². The molecule has 1 aliphatic rings. The van der Waals surface area contributed by atoms with Crippen LogP contribution in [0.5, 0.6) is 0 Å². The Kier molecular flexibility index (Phi) is 5.82. The fourth-order valence-corrected chi connectivity index (χ4v) is 4.88. The number of likely N-dealkylation sites (tertiary alicyclic amines) is 1. The van der Waals surface area contributed by atoms with Crippen LogP contribution in [0.15, 0.2) is 0 Å². The second kappa shape index (κ2) is 6.63. The first-order valence-electron chi connectivity index (χ1n) is 6.20. The molecule has 0 aliphatic carbocycles. The molecule has 1 rings (SSSR count). The summed E-state index contributed by atoms with van der Waals surface area (Å²) >= 11 is 0. The number of hydrogen-bond donors (Lipinski definition) is 0. The van der Waals surface area contributed by atoms with E-state index in [9.17, 15) is 0 Å². The second-order valence-corrected chi connectivity index (χ2v) is 7.50. The third-order valence-electron chi connectivity index (χ3n) is 2.86. The molecule has 1 fully saturated rings. The van der Waals surface area contributed by atoms with Gasteiger partial charge in [0.2, 0.25) is 0 Å². The van der Waals surface area contributed by atoms with Crippen LogP contribution in [-0.4, -0.2) is 45.9 Å². The molecule has 0 spiro atoms. The lowest BCUT2D eigenvalue weighted by Gasteiger charge is -2.34. The van der Waals surface area contributed by atoms with Crippen molar-refractivity contribution in [3.05, 3.63) is 0 Å². The summed E-state index contributed by atoms with van der Waals surface area (Å²) in [5, 5.41) is 0. The van der Waals surface area contributed by atoms with Gasteiger partial charge in [-0.1, -0.05) is 6.42 Å². The lowest BCUT2D eigenvalue weighted by atomic mass is 10.1. The number of nitrogens with zero attached hydrogens (tertiary/aromatic N) is 1. The Bertz CT molecular complexity index is 166. The van der Waals surface area contributed by atoms with Gasteiger partial charge in [0, 0.05) is 19.4 Å². The number of hydrogen-bond acceptors (Lipinski definition) is 3. The third-order valence-corrected chi connectivity index (χ3v) is 5.68. The molecule has 0 radical (unpaired) electrons. The molecule has 1 saturated heterocycles. The highest BCUT2D eigenvalue weighted by molar-refractivity contribution is 6.66. The van der Waals surface area contributed by atoms with Crippen LogP contribution >= 0.6 is 0 Å². The predicted octanol–water partition coefficient (Wildman–Crippen LogP) is 2.16. The Labute approximate surface area is 95.0 Å². The van der Waals surface area contributed by atoms with Gasteiger partial charge in [0.05, 0.1) is 0 Å². The van der Waals surface area contributed by atoms with E-state index >= 15 is 0 Å². The van der Waals surface area contributed by atoms with Crippen molar-refractivity contribution in [2.45, 2.75) is 39.7 Å². The maximum atomic E-state index is 5.85. The normalized spacial score (nSPS) is 19.4. The first-order valence-corrected chi connectivity index (χ1v) is 8.73. The van der Waals surface area contributed by atoms with Crippen molar-refractivity contribution in [2.24, 2.45) is 0 Å². The second-order valence-electron chi connectivity index (χ2n) is 4.34. The zero-order chi connectivity index (χ0) is 11.1. The highest BCUT2D eigenvalue weighted by Crippen LogP contribution is 2.14. The molecule has 1 heterocycles. The molecule has 90 valence electrons. The first kappa shape index (κ1) is 13.2. The molecule has 15 heavy (non-hydrogen) atoms. The summed E-state index contributed by atoms with van der Waals surface area (Å²) in [6, 6.07) is 0. The summed E-state index contributed by atoms with van der Waals surface area (Å²) in [5.41, 5.74) is 0. The maximum Gasteiger partial charge on any atom is 0.349 e. The summed E-state index contributed by atoms with van der Waals surface area (Å²) < 4.78 is 11.7. The van der Waals surface area contributed by atoms with E-state index in [-0.39, 0.29) is 0 Å². The van der Waals surface area contributed by atoms with Crippen LogP contribution in [0.1, 0.15) is 33.1 Å². The maximum absolute atomic E-state index is 5.85. The van der Waals surface area contributed by atoms with E-state index in [4.69, 9.17) is 8.85 Å². The molecular weight excluding hydrogens is 206 g/mol. The average molecular weight is 231 g/mol. The van der Waals surface area contributed by atoms with Gasteiger partial charge in [0.1, 0.15) is 0 Å². The predicted molar refractivity (Wildman–Crippen MR) is 65.2 cm³/mol. The number of rotatable bonds is 6. The van der Waals surface area contributed by atoms with E-state index in [1.807, 2.05) is 0 Å². The van der Waals surface area contributed by atoms with Crippen molar-refractivity contribution in [1.29, 1.82) is 0 Å². The smallest absolute Gasteiger partial charge is 0.349 e. The van der Waals surface area contributed by atoms with Crippen LogP contribution in [0.25, 0.3) is 0 Å². The highest BCUT2D eigenvalue weighted by Gasteiger charge is 2.33. The topological polar surface area (TPSA) is 21.7 Å².